The van der Waals surface area contributed by atoms with Crippen molar-refractivity contribution >= 4 is 16.9 Å². The van der Waals surface area contributed by atoms with Gasteiger partial charge in [0, 0.05) is 12.1 Å². The quantitative estimate of drug-likeness (QED) is 0.246. The first-order valence-corrected chi connectivity index (χ1v) is 11.4. The number of para-hydroxylation sites is 3. The molecule has 5 nitrogen and oxygen atoms in total. The minimum Gasteiger partial charge on any atom is -0.493 e. The monoisotopic (exact) mass is 439 g/mol. The van der Waals surface area contributed by atoms with Gasteiger partial charge in [0.25, 0.3) is 5.91 Å². The first kappa shape index (κ1) is 22.3. The Bertz CT molecular complexity index is 1210. The number of aromatic nitrogens is 2. The normalized spacial score (nSPS) is 10.8. The molecular weight excluding hydrogens is 410 g/mol. The van der Waals surface area contributed by atoms with Crippen LogP contribution in [0.1, 0.15) is 34.6 Å². The fourth-order valence-corrected chi connectivity index (χ4v) is 3.88. The van der Waals surface area contributed by atoms with E-state index in [2.05, 4.69) is 28.6 Å². The zero-order chi connectivity index (χ0) is 22.9. The zero-order valence-corrected chi connectivity index (χ0v) is 18.7. The van der Waals surface area contributed by atoms with Crippen LogP contribution >= 0.6 is 0 Å². The summed E-state index contributed by atoms with van der Waals surface area (Å²) in [5, 5.41) is 3.00. The molecule has 33 heavy (non-hydrogen) atoms. The predicted molar refractivity (Wildman–Crippen MR) is 132 cm³/mol. The molecule has 0 aliphatic heterocycles. The third-order valence-corrected chi connectivity index (χ3v) is 5.55. The average molecular weight is 440 g/mol. The van der Waals surface area contributed by atoms with Gasteiger partial charge < -0.3 is 14.6 Å². The standard InChI is InChI=1S/C28H29N3O2/c1-2-12-22-13-6-9-18-26(22)33-20-11-10-19-31-25-17-8-7-16-24(25)30-27(31)21-29-28(32)23-14-4-3-5-15-23/h2-9,13-18H,1,10-12,19-21H2,(H,29,32). The minimum atomic E-state index is -0.0965. The molecule has 1 aromatic heterocycles. The number of benzene rings is 3. The van der Waals surface area contributed by atoms with Crippen molar-refractivity contribution < 1.29 is 9.53 Å². The maximum Gasteiger partial charge on any atom is 0.251 e. The highest BCUT2D eigenvalue weighted by molar-refractivity contribution is 5.94. The van der Waals surface area contributed by atoms with Crippen LogP contribution in [0.3, 0.4) is 0 Å². The van der Waals surface area contributed by atoms with Crippen molar-refractivity contribution in [2.45, 2.75) is 32.4 Å². The summed E-state index contributed by atoms with van der Waals surface area (Å²) < 4.78 is 8.23. The fourth-order valence-electron chi connectivity index (χ4n) is 3.88. The van der Waals surface area contributed by atoms with Gasteiger partial charge in [-0.25, -0.2) is 4.98 Å². The molecule has 1 heterocycles. The van der Waals surface area contributed by atoms with Gasteiger partial charge in [0.2, 0.25) is 0 Å². The molecule has 4 aromatic rings. The highest BCUT2D eigenvalue weighted by Crippen LogP contribution is 2.20. The Morgan fingerprint density at radius 3 is 2.58 bits per heavy atom. The van der Waals surface area contributed by atoms with Crippen LogP contribution in [0.5, 0.6) is 5.75 Å². The Labute approximate surface area is 194 Å². The summed E-state index contributed by atoms with van der Waals surface area (Å²) in [6.45, 7) is 5.67. The van der Waals surface area contributed by atoms with Gasteiger partial charge in [0.1, 0.15) is 11.6 Å². The molecule has 168 valence electrons. The number of aryl methyl sites for hydroxylation is 1. The molecule has 0 saturated heterocycles. The van der Waals surface area contributed by atoms with E-state index < -0.39 is 0 Å². The third-order valence-electron chi connectivity index (χ3n) is 5.55. The summed E-state index contributed by atoms with van der Waals surface area (Å²) in [5.74, 6) is 1.69. The summed E-state index contributed by atoms with van der Waals surface area (Å²) in [5.41, 5.74) is 3.83. The van der Waals surface area contributed by atoms with E-state index in [9.17, 15) is 4.79 Å². The van der Waals surface area contributed by atoms with Gasteiger partial charge in [0.15, 0.2) is 0 Å². The molecular formula is C28H29N3O2. The van der Waals surface area contributed by atoms with Crippen molar-refractivity contribution in [3.05, 3.63) is 108 Å². The number of imidazole rings is 1. The number of allylic oxidation sites excluding steroid dienone is 1. The largest absolute Gasteiger partial charge is 0.493 e. The lowest BCUT2D eigenvalue weighted by atomic mass is 10.1. The number of nitrogens with one attached hydrogen (secondary N) is 1. The summed E-state index contributed by atoms with van der Waals surface area (Å²) >= 11 is 0. The maximum absolute atomic E-state index is 12.5. The molecule has 0 unspecified atom stereocenters. The van der Waals surface area contributed by atoms with Crippen LogP contribution in [-0.4, -0.2) is 22.1 Å². The number of carbonyl (C=O) groups is 1. The molecule has 3 aromatic carbocycles. The number of unbranched alkanes of at least 4 members (excludes halogenated alkanes) is 1. The molecule has 0 aliphatic rings. The Morgan fingerprint density at radius 1 is 0.970 bits per heavy atom. The van der Waals surface area contributed by atoms with Gasteiger partial charge in [-0.05, 0) is 55.2 Å². The van der Waals surface area contributed by atoms with E-state index in [1.807, 2.05) is 72.8 Å². The Morgan fingerprint density at radius 2 is 1.73 bits per heavy atom. The molecule has 0 bridgehead atoms. The van der Waals surface area contributed by atoms with Gasteiger partial charge in [-0.3, -0.25) is 4.79 Å². The first-order chi connectivity index (χ1) is 16.3. The lowest BCUT2D eigenvalue weighted by molar-refractivity contribution is 0.0949. The molecule has 0 aliphatic carbocycles. The summed E-state index contributed by atoms with van der Waals surface area (Å²) in [4.78, 5) is 17.2. The van der Waals surface area contributed by atoms with E-state index in [0.717, 1.165) is 54.0 Å². The second-order valence-electron chi connectivity index (χ2n) is 7.87. The molecule has 0 saturated carbocycles. The molecule has 0 atom stereocenters. The van der Waals surface area contributed by atoms with Crippen molar-refractivity contribution in [2.24, 2.45) is 0 Å². The van der Waals surface area contributed by atoms with Crippen LogP contribution < -0.4 is 10.1 Å². The number of fused-ring (bicyclic) bond motifs is 1. The number of amides is 1. The minimum absolute atomic E-state index is 0.0965. The lowest BCUT2D eigenvalue weighted by Crippen LogP contribution is -2.24. The SMILES string of the molecule is C=CCc1ccccc1OCCCCn1c(CNC(=O)c2ccccc2)nc2ccccc21. The molecule has 0 spiro atoms. The smallest absolute Gasteiger partial charge is 0.251 e. The van der Waals surface area contributed by atoms with Crippen LogP contribution in [0.25, 0.3) is 11.0 Å². The van der Waals surface area contributed by atoms with Crippen LogP contribution in [0.2, 0.25) is 0 Å². The highest BCUT2D eigenvalue weighted by atomic mass is 16.5. The van der Waals surface area contributed by atoms with Gasteiger partial charge in [-0.2, -0.15) is 0 Å². The third kappa shape index (κ3) is 5.69. The van der Waals surface area contributed by atoms with Gasteiger partial charge in [0.05, 0.1) is 24.2 Å². The number of hydrogen-bond donors (Lipinski definition) is 1. The Kier molecular flexibility index (Phi) is 7.54. The second-order valence-corrected chi connectivity index (χ2v) is 7.87. The Balaban J connectivity index is 1.37. The zero-order valence-electron chi connectivity index (χ0n) is 18.7. The second kappa shape index (κ2) is 11.1. The number of rotatable bonds is 11. The first-order valence-electron chi connectivity index (χ1n) is 11.4. The Hall–Kier alpha value is -3.86. The van der Waals surface area contributed by atoms with Crippen LogP contribution in [0.15, 0.2) is 91.5 Å². The molecule has 0 fully saturated rings. The van der Waals surface area contributed by atoms with E-state index >= 15 is 0 Å². The molecule has 1 N–H and O–H groups in total. The number of carbonyl (C=O) groups excluding carboxylic acids is 1. The van der Waals surface area contributed by atoms with Crippen molar-refractivity contribution in [3.63, 3.8) is 0 Å². The number of hydrogen-bond acceptors (Lipinski definition) is 3. The van der Waals surface area contributed by atoms with Gasteiger partial charge >= 0.3 is 0 Å². The van der Waals surface area contributed by atoms with E-state index in [-0.39, 0.29) is 5.91 Å². The van der Waals surface area contributed by atoms with Crippen molar-refractivity contribution in [3.8, 4) is 5.75 Å². The van der Waals surface area contributed by atoms with E-state index in [4.69, 9.17) is 9.72 Å². The lowest BCUT2D eigenvalue weighted by Gasteiger charge is -2.12. The molecule has 0 radical (unpaired) electrons. The molecule has 5 heteroatoms. The van der Waals surface area contributed by atoms with Crippen LogP contribution in [0, 0.1) is 0 Å². The van der Waals surface area contributed by atoms with Crippen molar-refractivity contribution in [1.82, 2.24) is 14.9 Å². The number of ether oxygens (including phenoxy) is 1. The molecule has 4 rings (SSSR count). The van der Waals surface area contributed by atoms with Crippen molar-refractivity contribution in [1.29, 1.82) is 0 Å². The van der Waals surface area contributed by atoms with Crippen LogP contribution in [0.4, 0.5) is 0 Å². The van der Waals surface area contributed by atoms with Gasteiger partial charge in [-0.15, -0.1) is 6.58 Å². The van der Waals surface area contributed by atoms with E-state index in [1.54, 1.807) is 0 Å². The van der Waals surface area contributed by atoms with Crippen LogP contribution in [-0.2, 0) is 19.5 Å². The van der Waals surface area contributed by atoms with Gasteiger partial charge in [-0.1, -0.05) is 54.6 Å². The summed E-state index contributed by atoms with van der Waals surface area (Å²) in [6.07, 6.45) is 4.56. The van der Waals surface area contributed by atoms with Crippen molar-refractivity contribution in [2.75, 3.05) is 6.61 Å². The number of nitrogens with zero attached hydrogens (tertiary/aromatic N) is 2. The highest BCUT2D eigenvalue weighted by Gasteiger charge is 2.12. The van der Waals surface area contributed by atoms with E-state index in [0.29, 0.717) is 18.7 Å². The predicted octanol–water partition coefficient (Wildman–Crippen LogP) is 5.55. The fraction of sp³-hybridized carbons (Fsp3) is 0.214. The molecule has 1 amide bonds. The maximum atomic E-state index is 12.5. The summed E-state index contributed by atoms with van der Waals surface area (Å²) in [7, 11) is 0. The topological polar surface area (TPSA) is 56.1 Å². The average Bonchev–Trinajstić information content (AvgIpc) is 3.21. The summed E-state index contributed by atoms with van der Waals surface area (Å²) in [6, 6.07) is 25.4. The van der Waals surface area contributed by atoms with E-state index in [1.165, 1.54) is 0 Å².